The van der Waals surface area contributed by atoms with Crippen LogP contribution in [0.15, 0.2) is 0 Å². The summed E-state index contributed by atoms with van der Waals surface area (Å²) in [6, 6.07) is 11.1. The summed E-state index contributed by atoms with van der Waals surface area (Å²) in [6.45, 7) is 7.64. The Hall–Kier alpha value is 0.821. The van der Waals surface area contributed by atoms with Gasteiger partial charge in [-0.25, -0.2) is 0 Å². The van der Waals surface area contributed by atoms with Crippen molar-refractivity contribution in [1.82, 2.24) is 0 Å². The highest BCUT2D eigenvalue weighted by Crippen LogP contribution is 2.46. The minimum Gasteiger partial charge on any atom is -0.377 e. The van der Waals surface area contributed by atoms with Gasteiger partial charge < -0.3 is 53.1 Å². The lowest BCUT2D eigenvalue weighted by atomic mass is 9.90. The molecule has 1 fully saturated rings. The molecule has 1 rings (SSSR count). The maximum atomic E-state index is 5.80. The molecule has 0 N–H and O–H groups in total. The Bertz CT molecular complexity index is 919. The van der Waals surface area contributed by atoms with Crippen LogP contribution in [0.5, 0.6) is 0 Å². The Labute approximate surface area is 350 Å². The van der Waals surface area contributed by atoms with Gasteiger partial charge in [-0.05, 0) is 30.6 Å². The van der Waals surface area contributed by atoms with Crippen LogP contribution in [0.1, 0.15) is 71.1 Å². The first-order chi connectivity index (χ1) is 26.7. The molecule has 0 spiro atoms. The van der Waals surface area contributed by atoms with Crippen LogP contribution in [-0.2, 0) is 53.1 Å². The Kier molecular flexibility index (Phi) is 27.1. The van der Waals surface area contributed by atoms with Gasteiger partial charge in [-0.1, -0.05) is 108 Å². The minimum atomic E-state index is -2.61. The molecule has 18 heteroatoms. The van der Waals surface area contributed by atoms with Crippen molar-refractivity contribution in [2.45, 2.75) is 145 Å². The lowest BCUT2D eigenvalue weighted by Crippen LogP contribution is -2.44. The van der Waals surface area contributed by atoms with Crippen molar-refractivity contribution in [3.05, 3.63) is 0 Å². The third-order valence-corrected chi connectivity index (χ3v) is 34.2. The predicted octanol–water partition coefficient (Wildman–Crippen LogP) is 9.44. The molecule has 3 atom stereocenters. The van der Waals surface area contributed by atoms with Crippen LogP contribution in [-0.4, -0.2) is 137 Å². The van der Waals surface area contributed by atoms with Gasteiger partial charge in [0, 0.05) is 109 Å². The molecule has 0 amide bonds. The van der Waals surface area contributed by atoms with Gasteiger partial charge in [0.25, 0.3) is 0 Å². The second kappa shape index (κ2) is 27.7. The van der Waals surface area contributed by atoms with Crippen LogP contribution in [0.3, 0.4) is 0 Å². The van der Waals surface area contributed by atoms with Gasteiger partial charge in [-0.15, -0.1) is 0 Å². The molecule has 0 aliphatic heterocycles. The molecular formula is C38H88O12Si6. The fraction of sp³-hybridized carbons (Fsp3) is 1.00. The predicted molar refractivity (Wildman–Crippen MR) is 241 cm³/mol. The van der Waals surface area contributed by atoms with Crippen LogP contribution in [0.2, 0.25) is 73.5 Å². The third-order valence-electron chi connectivity index (χ3n) is 13.7. The molecular weight excluding hydrogens is 817 g/mol. The summed E-state index contributed by atoms with van der Waals surface area (Å²) in [4.78, 5) is 0. The Morgan fingerprint density at radius 3 is 0.839 bits per heavy atom. The summed E-state index contributed by atoms with van der Waals surface area (Å²) in [5, 5.41) is 0. The Morgan fingerprint density at radius 1 is 0.339 bits per heavy atom. The van der Waals surface area contributed by atoms with Crippen LogP contribution in [0, 0.1) is 17.8 Å². The zero-order valence-corrected chi connectivity index (χ0v) is 44.8. The minimum absolute atomic E-state index is 0.806. The van der Waals surface area contributed by atoms with E-state index in [4.69, 9.17) is 53.1 Å². The van der Waals surface area contributed by atoms with Gasteiger partial charge in [0.15, 0.2) is 0 Å². The zero-order valence-electron chi connectivity index (χ0n) is 38.8. The second-order valence-corrected chi connectivity index (χ2v) is 39.5. The van der Waals surface area contributed by atoms with Crippen molar-refractivity contribution in [3.8, 4) is 0 Å². The molecule has 1 aliphatic carbocycles. The molecule has 0 saturated heterocycles. The largest absolute Gasteiger partial charge is 0.500 e. The highest BCUT2D eigenvalue weighted by molar-refractivity contribution is 6.79. The molecule has 56 heavy (non-hydrogen) atoms. The van der Waals surface area contributed by atoms with Crippen LogP contribution < -0.4 is 0 Å². The van der Waals surface area contributed by atoms with Gasteiger partial charge in [0.05, 0.1) is 16.1 Å². The molecule has 0 bridgehead atoms. The van der Waals surface area contributed by atoms with Crippen molar-refractivity contribution in [3.63, 3.8) is 0 Å². The molecule has 1 aliphatic rings. The van der Waals surface area contributed by atoms with E-state index in [1.165, 1.54) is 74.8 Å². The average Bonchev–Trinajstić information content (AvgIpc) is 3.62. The monoisotopic (exact) mass is 904 g/mol. The lowest BCUT2D eigenvalue weighted by Gasteiger charge is -2.33. The number of hydrogen-bond donors (Lipinski definition) is 0. The van der Waals surface area contributed by atoms with Crippen molar-refractivity contribution in [2.75, 3.05) is 85.3 Å². The van der Waals surface area contributed by atoms with Gasteiger partial charge >= 0.3 is 35.2 Å². The fourth-order valence-electron chi connectivity index (χ4n) is 9.64. The van der Waals surface area contributed by atoms with Crippen molar-refractivity contribution in [2.24, 2.45) is 17.8 Å². The molecule has 3 unspecified atom stereocenters. The van der Waals surface area contributed by atoms with Crippen molar-refractivity contribution < 1.29 is 53.1 Å². The van der Waals surface area contributed by atoms with Crippen molar-refractivity contribution in [1.29, 1.82) is 0 Å². The number of hydrogen-bond acceptors (Lipinski definition) is 12. The molecule has 336 valence electrons. The van der Waals surface area contributed by atoms with Gasteiger partial charge in [-0.2, -0.15) is 0 Å². The summed E-state index contributed by atoms with van der Waals surface area (Å²) in [5.41, 5.74) is 0. The first-order valence-corrected chi connectivity index (χ1v) is 35.3. The summed E-state index contributed by atoms with van der Waals surface area (Å²) >= 11 is 0. The molecule has 0 aromatic carbocycles. The van der Waals surface area contributed by atoms with E-state index < -0.39 is 51.4 Å². The molecule has 0 heterocycles. The zero-order chi connectivity index (χ0) is 42.4. The normalized spacial score (nSPS) is 19.0. The first kappa shape index (κ1) is 54.8. The van der Waals surface area contributed by atoms with E-state index >= 15 is 0 Å². The molecule has 1 saturated carbocycles. The number of rotatable bonds is 36. The highest BCUT2D eigenvalue weighted by Gasteiger charge is 2.43. The van der Waals surface area contributed by atoms with Crippen LogP contribution >= 0.6 is 0 Å². The SMILES string of the molecule is CCCC1CC(CC[Si](C)(CCC[Si](OC)(OC)OC)CCC[Si](OC)(OC)OC)CC1CC[Si](C)(CCC[Si](OC)(OC)OC)CCC[Si](OC)(OC)OC. The van der Waals surface area contributed by atoms with E-state index in [-0.39, 0.29) is 0 Å². The second-order valence-electron chi connectivity index (χ2n) is 16.9. The lowest BCUT2D eigenvalue weighted by molar-refractivity contribution is 0.122. The summed E-state index contributed by atoms with van der Waals surface area (Å²) in [6.07, 6.45) is 12.4. The summed E-state index contributed by atoms with van der Waals surface area (Å²) < 4.78 is 69.6. The Morgan fingerprint density at radius 2 is 0.589 bits per heavy atom. The third kappa shape index (κ3) is 17.3. The smallest absolute Gasteiger partial charge is 0.377 e. The van der Waals surface area contributed by atoms with E-state index in [1.807, 2.05) is 0 Å². The van der Waals surface area contributed by atoms with Crippen LogP contribution in [0.25, 0.3) is 0 Å². The van der Waals surface area contributed by atoms with E-state index in [0.717, 1.165) is 67.6 Å². The molecule has 0 radical (unpaired) electrons. The Balaban J connectivity index is 3.14. The van der Waals surface area contributed by atoms with Crippen molar-refractivity contribution >= 4 is 51.4 Å². The van der Waals surface area contributed by atoms with Crippen LogP contribution in [0.4, 0.5) is 0 Å². The molecule has 12 nitrogen and oxygen atoms in total. The summed E-state index contributed by atoms with van der Waals surface area (Å²) in [7, 11) is 7.00. The fourth-order valence-corrected chi connectivity index (χ4v) is 25.7. The van der Waals surface area contributed by atoms with Gasteiger partial charge in [0.1, 0.15) is 0 Å². The van der Waals surface area contributed by atoms with E-state index in [2.05, 4.69) is 20.0 Å². The average molecular weight is 906 g/mol. The molecule has 0 aromatic heterocycles. The first-order valence-electron chi connectivity index (χ1n) is 21.3. The molecule has 0 aromatic rings. The maximum absolute atomic E-state index is 5.80. The van der Waals surface area contributed by atoms with E-state index in [0.29, 0.717) is 0 Å². The van der Waals surface area contributed by atoms with E-state index in [9.17, 15) is 0 Å². The quantitative estimate of drug-likeness (QED) is 0.0559. The summed E-state index contributed by atoms with van der Waals surface area (Å²) in [5.74, 6) is 2.44. The van der Waals surface area contributed by atoms with Gasteiger partial charge in [-0.3, -0.25) is 0 Å². The van der Waals surface area contributed by atoms with E-state index in [1.54, 1.807) is 85.3 Å². The van der Waals surface area contributed by atoms with Gasteiger partial charge in [0.2, 0.25) is 0 Å². The topological polar surface area (TPSA) is 111 Å². The highest BCUT2D eigenvalue weighted by atomic mass is 28.4. The maximum Gasteiger partial charge on any atom is 0.500 e. The standard InChI is InChI=1S/C38H88O12Si6/c1-16-21-37-34-36(22-32-51(14,24-17-28-53(39-2,40-3)41-4)25-18-29-54(42-5,43-6)44-7)35-38(37)23-33-52(15,26-19-30-55(45-8,46-9)47-10)27-20-31-56(48-11,49-12)50-13/h36-38H,16-35H2,1-15H3.